The number of benzene rings is 2. The molecule has 8 nitrogen and oxygen atoms in total. The van der Waals surface area contributed by atoms with Crippen LogP contribution in [-0.4, -0.2) is 57.4 Å². The van der Waals surface area contributed by atoms with Crippen molar-refractivity contribution < 1.29 is 30.5 Å². The first-order chi connectivity index (χ1) is 20.2. The second-order valence-electron chi connectivity index (χ2n) is 12.2. The minimum Gasteiger partial charge on any atom is -0.490 e. The first kappa shape index (κ1) is 26.1. The fourth-order valence-corrected chi connectivity index (χ4v) is 7.94. The van der Waals surface area contributed by atoms with Gasteiger partial charge in [-0.15, -0.1) is 0 Å². The van der Waals surface area contributed by atoms with E-state index in [4.69, 9.17) is 23.8 Å². The van der Waals surface area contributed by atoms with E-state index in [1.54, 1.807) is 12.1 Å². The molecule has 2 bridgehead atoms. The molecule has 6 rings (SSSR count). The lowest BCUT2D eigenvalue weighted by Crippen LogP contribution is -2.49. The zero-order valence-electron chi connectivity index (χ0n) is 25.2. The van der Waals surface area contributed by atoms with Crippen molar-refractivity contribution in [2.75, 3.05) is 31.2 Å². The van der Waals surface area contributed by atoms with Gasteiger partial charge in [-0.3, -0.25) is 4.79 Å². The monoisotopic (exact) mass is 602 g/mol. The van der Waals surface area contributed by atoms with Crippen molar-refractivity contribution in [2.45, 2.75) is 68.0 Å². The topological polar surface area (TPSA) is 105 Å². The molecule has 10 heteroatoms. The standard InChI is InChI=1S/C31H37ClN2O6S/c1-30(2)29(36)33-41(37,38)23-9-12-28-26(16-23)34(17-21-7-10-24(21)27(35)6-4-14-40-30)18-31(19-39-28)13-3-5-20-15-22(32)8-11-25(20)31/h4,6,8-9,11-12,15-16,21,24,27,35H,3,5,7,10,13-14,17-19H2,1-2H3,(H,33,36)/t21-,24+,27-,31-/m0/s1/i14D2. The van der Waals surface area contributed by atoms with Crippen LogP contribution in [0.15, 0.2) is 53.4 Å². The predicted molar refractivity (Wildman–Crippen MR) is 157 cm³/mol. The first-order valence-corrected chi connectivity index (χ1v) is 16.0. The molecule has 41 heavy (non-hydrogen) atoms. The fraction of sp³-hybridized carbons (Fsp3) is 0.516. The van der Waals surface area contributed by atoms with Gasteiger partial charge in [-0.1, -0.05) is 29.8 Å². The molecule has 1 fully saturated rings. The van der Waals surface area contributed by atoms with Crippen LogP contribution in [0.4, 0.5) is 5.69 Å². The van der Waals surface area contributed by atoms with Crippen molar-refractivity contribution in [3.8, 4) is 5.75 Å². The zero-order chi connectivity index (χ0) is 30.8. The molecule has 1 saturated carbocycles. The van der Waals surface area contributed by atoms with Gasteiger partial charge in [-0.05, 0) is 99.2 Å². The van der Waals surface area contributed by atoms with Gasteiger partial charge in [0, 0.05) is 23.5 Å². The van der Waals surface area contributed by atoms with Crippen molar-refractivity contribution in [1.82, 2.24) is 4.72 Å². The van der Waals surface area contributed by atoms with Gasteiger partial charge < -0.3 is 19.5 Å². The Balaban J connectivity index is 1.45. The number of anilines is 1. The van der Waals surface area contributed by atoms with Crippen LogP contribution in [0.3, 0.4) is 0 Å². The minimum atomic E-state index is -4.34. The van der Waals surface area contributed by atoms with Crippen LogP contribution in [0.2, 0.25) is 5.02 Å². The highest BCUT2D eigenvalue weighted by Gasteiger charge is 2.44. The molecule has 1 amide bonds. The molecule has 2 heterocycles. The molecule has 2 aliphatic heterocycles. The van der Waals surface area contributed by atoms with Crippen LogP contribution in [0, 0.1) is 11.8 Å². The molecule has 0 unspecified atom stereocenters. The second kappa shape index (κ2) is 10.6. The highest BCUT2D eigenvalue weighted by Crippen LogP contribution is 2.47. The zero-order valence-corrected chi connectivity index (χ0v) is 24.8. The molecular weight excluding hydrogens is 564 g/mol. The molecule has 4 atom stereocenters. The van der Waals surface area contributed by atoms with Gasteiger partial charge in [0.25, 0.3) is 15.9 Å². The molecule has 0 saturated heterocycles. The van der Waals surface area contributed by atoms with E-state index < -0.39 is 34.2 Å². The molecular formula is C31H37ClN2O6S. The normalized spacial score (nSPS) is 32.6. The average molecular weight is 603 g/mol. The molecule has 2 aromatic carbocycles. The van der Waals surface area contributed by atoms with Crippen LogP contribution in [0.5, 0.6) is 5.75 Å². The van der Waals surface area contributed by atoms with Crippen LogP contribution < -0.4 is 14.4 Å². The molecule has 2 aromatic rings. The molecule has 0 aromatic heterocycles. The van der Waals surface area contributed by atoms with E-state index in [2.05, 4.69) is 15.7 Å². The van der Waals surface area contributed by atoms with E-state index in [1.807, 2.05) is 12.1 Å². The number of sulfonamides is 1. The number of hydrogen-bond acceptors (Lipinski definition) is 7. The number of hydrogen-bond donors (Lipinski definition) is 2. The summed E-state index contributed by atoms with van der Waals surface area (Å²) in [6, 6.07) is 10.6. The van der Waals surface area contributed by atoms with Crippen LogP contribution in [0.1, 0.15) is 53.4 Å². The van der Waals surface area contributed by atoms with Gasteiger partial charge >= 0.3 is 0 Å². The highest BCUT2D eigenvalue weighted by molar-refractivity contribution is 7.90. The van der Waals surface area contributed by atoms with Crippen molar-refractivity contribution in [3.05, 3.63) is 64.7 Å². The summed E-state index contributed by atoms with van der Waals surface area (Å²) in [5.41, 5.74) is 0.783. The van der Waals surface area contributed by atoms with Crippen LogP contribution in [0.25, 0.3) is 0 Å². The van der Waals surface area contributed by atoms with Crippen LogP contribution in [-0.2, 0) is 31.4 Å². The lowest BCUT2D eigenvalue weighted by molar-refractivity contribution is -0.139. The Morgan fingerprint density at radius 1 is 1.20 bits per heavy atom. The van der Waals surface area contributed by atoms with E-state index in [-0.39, 0.29) is 22.1 Å². The molecule has 1 spiro atoms. The Labute approximate surface area is 249 Å². The number of aliphatic hydroxyl groups excluding tert-OH is 1. The van der Waals surface area contributed by atoms with Crippen molar-refractivity contribution in [1.29, 1.82) is 0 Å². The lowest BCUT2D eigenvalue weighted by atomic mass is 9.68. The van der Waals surface area contributed by atoms with Gasteiger partial charge in [0.05, 0.1) is 32.6 Å². The number of rotatable bonds is 0. The third kappa shape index (κ3) is 5.38. The SMILES string of the molecule is [2H]C1([2H])C=C[C@H](O)[C@@H]2CC[C@H]2CN2C[C@@]3(CCCc4cc(Cl)ccc43)COc3ccc(cc32)S(=O)(=O)NC(=O)C(C)(C)O1. The molecule has 2 N–H and O–H groups in total. The summed E-state index contributed by atoms with van der Waals surface area (Å²) >= 11 is 6.36. The third-order valence-electron chi connectivity index (χ3n) is 9.14. The Bertz CT molecular complexity index is 1580. The summed E-state index contributed by atoms with van der Waals surface area (Å²) in [7, 11) is -4.34. The maximum Gasteiger partial charge on any atom is 0.265 e. The Hall–Kier alpha value is -2.59. The maximum absolute atomic E-state index is 13.5. The molecule has 220 valence electrons. The smallest absolute Gasteiger partial charge is 0.265 e. The summed E-state index contributed by atoms with van der Waals surface area (Å²) in [6.45, 7) is 1.70. The minimum absolute atomic E-state index is 0.0760. The first-order valence-electron chi connectivity index (χ1n) is 15.1. The van der Waals surface area contributed by atoms with Crippen LogP contribution >= 0.6 is 11.6 Å². The number of aliphatic hydroxyl groups is 1. The Morgan fingerprint density at radius 3 is 2.80 bits per heavy atom. The largest absolute Gasteiger partial charge is 0.490 e. The van der Waals surface area contributed by atoms with E-state index in [0.29, 0.717) is 36.2 Å². The summed E-state index contributed by atoms with van der Waals surface area (Å²) in [4.78, 5) is 15.2. The van der Waals surface area contributed by atoms with E-state index >= 15 is 0 Å². The van der Waals surface area contributed by atoms with Crippen molar-refractivity contribution in [2.24, 2.45) is 11.8 Å². The summed E-state index contributed by atoms with van der Waals surface area (Å²) in [5.74, 6) is -0.510. The third-order valence-corrected chi connectivity index (χ3v) is 10.7. The number of nitrogens with one attached hydrogen (secondary N) is 1. The number of aryl methyl sites for hydroxylation is 1. The van der Waals surface area contributed by atoms with Gasteiger partial charge in [-0.2, -0.15) is 0 Å². The quantitative estimate of drug-likeness (QED) is 0.432. The number of halogens is 1. The van der Waals surface area contributed by atoms with Gasteiger partial charge in [0.1, 0.15) is 11.4 Å². The molecule has 4 aliphatic rings. The number of nitrogens with zero attached hydrogens (tertiary/aromatic N) is 1. The van der Waals surface area contributed by atoms with E-state index in [9.17, 15) is 18.3 Å². The number of carbonyl (C=O) groups is 1. The highest BCUT2D eigenvalue weighted by atomic mass is 35.5. The number of ether oxygens (including phenoxy) is 2. The number of amides is 1. The Kier molecular flexibility index (Phi) is 6.74. The van der Waals surface area contributed by atoms with E-state index in [1.165, 1.54) is 37.1 Å². The summed E-state index contributed by atoms with van der Waals surface area (Å²) in [5, 5.41) is 11.8. The molecule has 0 radical (unpaired) electrons. The fourth-order valence-electron chi connectivity index (χ4n) is 6.63. The van der Waals surface area contributed by atoms with Crippen molar-refractivity contribution >= 4 is 33.2 Å². The predicted octanol–water partition coefficient (Wildman–Crippen LogP) is 4.37. The average Bonchev–Trinajstić information content (AvgIpc) is 3.06. The lowest BCUT2D eigenvalue weighted by Gasteiger charge is -2.45. The maximum atomic E-state index is 13.5. The number of fused-ring (bicyclic) bond motifs is 4. The van der Waals surface area contributed by atoms with Gasteiger partial charge in [-0.25, -0.2) is 13.1 Å². The second-order valence-corrected chi connectivity index (χ2v) is 14.4. The number of carbonyl (C=O) groups excluding carboxylic acids is 1. The summed E-state index contributed by atoms with van der Waals surface area (Å²) in [6.07, 6.45) is 5.97. The summed E-state index contributed by atoms with van der Waals surface area (Å²) < 4.78 is 57.5. The molecule has 2 aliphatic carbocycles. The van der Waals surface area contributed by atoms with E-state index in [0.717, 1.165) is 38.2 Å². The van der Waals surface area contributed by atoms with Gasteiger partial charge in [0.2, 0.25) is 0 Å². The van der Waals surface area contributed by atoms with Gasteiger partial charge in [0.15, 0.2) is 0 Å². The van der Waals surface area contributed by atoms with Crippen molar-refractivity contribution in [3.63, 3.8) is 0 Å². The Morgan fingerprint density at radius 2 is 2.02 bits per heavy atom.